The van der Waals surface area contributed by atoms with E-state index in [4.69, 9.17) is 16.3 Å². The van der Waals surface area contributed by atoms with Crippen LogP contribution in [0.5, 0.6) is 5.75 Å². The van der Waals surface area contributed by atoms with Gasteiger partial charge in [-0.15, -0.1) is 11.6 Å². The molecule has 0 fully saturated rings. The summed E-state index contributed by atoms with van der Waals surface area (Å²) < 4.78 is 45.1. The Balaban J connectivity index is 2.46. The summed E-state index contributed by atoms with van der Waals surface area (Å²) in [6.45, 7) is 0. The van der Waals surface area contributed by atoms with E-state index in [9.17, 15) is 13.2 Å². The molecule has 1 unspecified atom stereocenters. The normalized spacial score (nSPS) is 12.3. The summed E-state index contributed by atoms with van der Waals surface area (Å²) in [4.78, 5) is 0. The molecule has 0 aliphatic carbocycles. The molecule has 2 aromatic carbocycles. The molecule has 5 heteroatoms. The van der Waals surface area contributed by atoms with Crippen LogP contribution in [-0.4, -0.2) is 7.11 Å². The maximum absolute atomic E-state index is 13.6. The molecule has 0 amide bonds. The van der Waals surface area contributed by atoms with Crippen molar-refractivity contribution in [3.63, 3.8) is 0 Å². The lowest BCUT2D eigenvalue weighted by atomic mass is 10.0. The molecule has 0 aliphatic heterocycles. The molecule has 1 atom stereocenters. The van der Waals surface area contributed by atoms with E-state index in [1.807, 2.05) is 0 Å². The first-order chi connectivity index (χ1) is 9.02. The maximum atomic E-state index is 13.6. The van der Waals surface area contributed by atoms with E-state index in [0.717, 1.165) is 0 Å². The zero-order valence-electron chi connectivity index (χ0n) is 9.96. The highest BCUT2D eigenvalue weighted by molar-refractivity contribution is 6.22. The number of hydrogen-bond donors (Lipinski definition) is 0. The van der Waals surface area contributed by atoms with Crippen LogP contribution in [0.4, 0.5) is 13.2 Å². The van der Waals surface area contributed by atoms with Gasteiger partial charge in [0, 0.05) is 17.7 Å². The topological polar surface area (TPSA) is 9.23 Å². The predicted octanol–water partition coefficient (Wildman–Crippen LogP) is 4.44. The molecule has 0 aromatic heterocycles. The Kier molecular flexibility index (Phi) is 4.00. The monoisotopic (exact) mass is 286 g/mol. The Labute approximate surface area is 113 Å². The van der Waals surface area contributed by atoms with Gasteiger partial charge in [-0.2, -0.15) is 0 Å². The van der Waals surface area contributed by atoms with Crippen molar-refractivity contribution in [2.24, 2.45) is 0 Å². The molecule has 0 radical (unpaired) electrons. The Morgan fingerprint density at radius 3 is 2.26 bits per heavy atom. The fourth-order valence-corrected chi connectivity index (χ4v) is 2.11. The minimum atomic E-state index is -1.06. The number of methoxy groups -OCH3 is 1. The summed E-state index contributed by atoms with van der Waals surface area (Å²) in [7, 11) is 1.47. The molecule has 0 saturated heterocycles. The van der Waals surface area contributed by atoms with Gasteiger partial charge in [-0.3, -0.25) is 0 Å². The molecular weight excluding hydrogens is 277 g/mol. The van der Waals surface area contributed by atoms with Gasteiger partial charge >= 0.3 is 0 Å². The third-order valence-electron chi connectivity index (χ3n) is 2.68. The van der Waals surface area contributed by atoms with Crippen molar-refractivity contribution in [2.45, 2.75) is 5.38 Å². The second kappa shape index (κ2) is 5.53. The standard InChI is InChI=1S/C14H10ClF3O/c1-19-10-4-2-3-8(5-10)14(15)13-11(17)6-9(16)7-12(13)18/h2-7,14H,1H3. The first-order valence-electron chi connectivity index (χ1n) is 5.45. The summed E-state index contributed by atoms with van der Waals surface area (Å²) in [5.41, 5.74) is 0.0849. The number of alkyl halides is 1. The molecule has 0 N–H and O–H groups in total. The van der Waals surface area contributed by atoms with Gasteiger partial charge in [-0.25, -0.2) is 13.2 Å². The van der Waals surface area contributed by atoms with Gasteiger partial charge in [0.25, 0.3) is 0 Å². The fourth-order valence-electron chi connectivity index (χ4n) is 1.76. The lowest BCUT2D eigenvalue weighted by molar-refractivity contribution is 0.414. The van der Waals surface area contributed by atoms with Crippen molar-refractivity contribution < 1.29 is 17.9 Å². The molecule has 100 valence electrons. The first kappa shape index (κ1) is 13.7. The summed E-state index contributed by atoms with van der Waals surface area (Å²) in [6.07, 6.45) is 0. The minimum absolute atomic E-state index is 0.378. The van der Waals surface area contributed by atoms with Crippen molar-refractivity contribution in [1.29, 1.82) is 0 Å². The van der Waals surface area contributed by atoms with Crippen molar-refractivity contribution in [1.82, 2.24) is 0 Å². The van der Waals surface area contributed by atoms with E-state index in [-0.39, 0.29) is 5.56 Å². The van der Waals surface area contributed by atoms with E-state index >= 15 is 0 Å². The molecule has 0 heterocycles. The molecule has 0 aliphatic rings. The summed E-state index contributed by atoms with van der Waals surface area (Å²) in [5, 5.41) is -1.06. The first-order valence-corrected chi connectivity index (χ1v) is 5.89. The van der Waals surface area contributed by atoms with Gasteiger partial charge < -0.3 is 4.74 Å². The Bertz CT molecular complexity index is 578. The van der Waals surface area contributed by atoms with Crippen LogP contribution in [0, 0.1) is 17.5 Å². The van der Waals surface area contributed by atoms with E-state index in [1.54, 1.807) is 24.3 Å². The predicted molar refractivity (Wildman–Crippen MR) is 67.0 cm³/mol. The van der Waals surface area contributed by atoms with Gasteiger partial charge in [0.1, 0.15) is 23.2 Å². The van der Waals surface area contributed by atoms with Crippen LogP contribution >= 0.6 is 11.6 Å². The van der Waals surface area contributed by atoms with E-state index in [1.165, 1.54) is 7.11 Å². The summed E-state index contributed by atoms with van der Waals surface area (Å²) in [6, 6.07) is 7.73. The second-order valence-corrected chi connectivity index (χ2v) is 4.36. The van der Waals surface area contributed by atoms with Crippen LogP contribution < -0.4 is 4.74 Å². The van der Waals surface area contributed by atoms with E-state index in [2.05, 4.69) is 0 Å². The van der Waals surface area contributed by atoms with Crippen LogP contribution in [0.15, 0.2) is 36.4 Å². The van der Waals surface area contributed by atoms with Crippen molar-refractivity contribution in [3.05, 3.63) is 65.0 Å². The smallest absolute Gasteiger partial charge is 0.134 e. The number of rotatable bonds is 3. The number of halogens is 4. The Morgan fingerprint density at radius 1 is 1.05 bits per heavy atom. The Hall–Kier alpha value is -1.68. The largest absolute Gasteiger partial charge is 0.497 e. The highest BCUT2D eigenvalue weighted by Gasteiger charge is 2.21. The van der Waals surface area contributed by atoms with Crippen LogP contribution in [0.1, 0.15) is 16.5 Å². The molecule has 0 saturated carbocycles. The molecule has 2 rings (SSSR count). The lowest BCUT2D eigenvalue weighted by Gasteiger charge is -2.13. The van der Waals surface area contributed by atoms with Crippen LogP contribution in [0.3, 0.4) is 0 Å². The van der Waals surface area contributed by atoms with Crippen LogP contribution in [0.2, 0.25) is 0 Å². The highest BCUT2D eigenvalue weighted by atomic mass is 35.5. The molecule has 19 heavy (non-hydrogen) atoms. The molecular formula is C14H10ClF3O. The zero-order chi connectivity index (χ0) is 14.0. The van der Waals surface area contributed by atoms with E-state index in [0.29, 0.717) is 23.4 Å². The number of hydrogen-bond acceptors (Lipinski definition) is 1. The quantitative estimate of drug-likeness (QED) is 0.758. The minimum Gasteiger partial charge on any atom is -0.497 e. The second-order valence-electron chi connectivity index (χ2n) is 3.92. The number of ether oxygens (including phenoxy) is 1. The van der Waals surface area contributed by atoms with Gasteiger partial charge in [-0.05, 0) is 17.7 Å². The lowest BCUT2D eigenvalue weighted by Crippen LogP contribution is -2.02. The highest BCUT2D eigenvalue weighted by Crippen LogP contribution is 2.34. The van der Waals surface area contributed by atoms with Gasteiger partial charge in [0.15, 0.2) is 0 Å². The SMILES string of the molecule is COc1cccc(C(Cl)c2c(F)cc(F)cc2F)c1. The molecule has 0 bridgehead atoms. The summed E-state index contributed by atoms with van der Waals surface area (Å²) >= 11 is 6.07. The van der Waals surface area contributed by atoms with Crippen molar-refractivity contribution in [3.8, 4) is 5.75 Å². The molecule has 2 aromatic rings. The summed E-state index contributed by atoms with van der Waals surface area (Å²) in [5.74, 6) is -2.49. The number of benzene rings is 2. The third-order valence-corrected chi connectivity index (χ3v) is 3.15. The van der Waals surface area contributed by atoms with Gasteiger partial charge in [0.2, 0.25) is 0 Å². The van der Waals surface area contributed by atoms with Gasteiger partial charge in [-0.1, -0.05) is 12.1 Å². The maximum Gasteiger partial charge on any atom is 0.134 e. The average molecular weight is 287 g/mol. The van der Waals surface area contributed by atoms with Crippen LogP contribution in [0.25, 0.3) is 0 Å². The third kappa shape index (κ3) is 2.84. The van der Waals surface area contributed by atoms with Crippen molar-refractivity contribution >= 4 is 11.6 Å². The van der Waals surface area contributed by atoms with E-state index < -0.39 is 22.8 Å². The fraction of sp³-hybridized carbons (Fsp3) is 0.143. The van der Waals surface area contributed by atoms with Crippen LogP contribution in [-0.2, 0) is 0 Å². The van der Waals surface area contributed by atoms with Crippen molar-refractivity contribution in [2.75, 3.05) is 7.11 Å². The van der Waals surface area contributed by atoms with Gasteiger partial charge in [0.05, 0.1) is 12.5 Å². The average Bonchev–Trinajstić information content (AvgIpc) is 2.37. The zero-order valence-corrected chi connectivity index (χ0v) is 10.7. The molecule has 1 nitrogen and oxygen atoms in total. The Morgan fingerprint density at radius 2 is 1.68 bits per heavy atom. The molecule has 0 spiro atoms.